The fraction of sp³-hybridized carbons (Fsp3) is 0.250. The highest BCUT2D eigenvalue weighted by Crippen LogP contribution is 2.15. The van der Waals surface area contributed by atoms with Gasteiger partial charge >= 0.3 is 5.97 Å². The molecule has 0 bridgehead atoms. The standard InChI is InChI=1S/C12H12FNO4/c1-18-12(17)10(14)4-7-2-8(5-15)11(13)9(3-7)6-16/h2-3,5-6,10H,4,14H2,1H3/t10-/m0/s1. The van der Waals surface area contributed by atoms with E-state index in [9.17, 15) is 18.8 Å². The molecule has 1 rings (SSSR count). The molecule has 96 valence electrons. The van der Waals surface area contributed by atoms with E-state index in [0.717, 1.165) is 0 Å². The Balaban J connectivity index is 3.07. The monoisotopic (exact) mass is 253 g/mol. The van der Waals surface area contributed by atoms with Gasteiger partial charge in [0.1, 0.15) is 11.9 Å². The Morgan fingerprint density at radius 1 is 1.39 bits per heavy atom. The van der Waals surface area contributed by atoms with E-state index in [-0.39, 0.29) is 17.5 Å². The summed E-state index contributed by atoms with van der Waals surface area (Å²) in [6.45, 7) is 0. The van der Waals surface area contributed by atoms with Crippen LogP contribution in [0.15, 0.2) is 12.1 Å². The maximum atomic E-state index is 13.4. The summed E-state index contributed by atoms with van der Waals surface area (Å²) in [5.74, 6) is -1.50. The number of ether oxygens (including phenoxy) is 1. The van der Waals surface area contributed by atoms with Crippen LogP contribution in [0.1, 0.15) is 26.3 Å². The highest BCUT2D eigenvalue weighted by Gasteiger charge is 2.17. The van der Waals surface area contributed by atoms with Gasteiger partial charge in [0.05, 0.1) is 18.2 Å². The van der Waals surface area contributed by atoms with Gasteiger partial charge in [-0.05, 0) is 24.1 Å². The van der Waals surface area contributed by atoms with Crippen molar-refractivity contribution in [1.82, 2.24) is 0 Å². The van der Waals surface area contributed by atoms with Crippen molar-refractivity contribution >= 4 is 18.5 Å². The first-order chi connectivity index (χ1) is 8.53. The van der Waals surface area contributed by atoms with Crippen molar-refractivity contribution in [3.8, 4) is 0 Å². The van der Waals surface area contributed by atoms with Crippen LogP contribution in [0.25, 0.3) is 0 Å². The van der Waals surface area contributed by atoms with Gasteiger partial charge < -0.3 is 10.5 Å². The fourth-order valence-corrected chi connectivity index (χ4v) is 1.51. The number of hydrogen-bond donors (Lipinski definition) is 1. The molecule has 0 fully saturated rings. The van der Waals surface area contributed by atoms with Crippen LogP contribution in [-0.4, -0.2) is 31.7 Å². The third-order valence-corrected chi connectivity index (χ3v) is 2.40. The molecule has 0 unspecified atom stereocenters. The first-order valence-electron chi connectivity index (χ1n) is 5.09. The highest BCUT2D eigenvalue weighted by molar-refractivity contribution is 5.83. The van der Waals surface area contributed by atoms with Crippen LogP contribution in [0.4, 0.5) is 4.39 Å². The summed E-state index contributed by atoms with van der Waals surface area (Å²) >= 11 is 0. The third kappa shape index (κ3) is 2.98. The van der Waals surface area contributed by atoms with Crippen LogP contribution in [-0.2, 0) is 16.0 Å². The maximum absolute atomic E-state index is 13.4. The molecule has 2 N–H and O–H groups in total. The zero-order valence-corrected chi connectivity index (χ0v) is 9.68. The van der Waals surface area contributed by atoms with Gasteiger partial charge in [0.25, 0.3) is 0 Å². The lowest BCUT2D eigenvalue weighted by Crippen LogP contribution is -2.33. The molecule has 0 aliphatic heterocycles. The van der Waals surface area contributed by atoms with E-state index in [4.69, 9.17) is 5.73 Å². The van der Waals surface area contributed by atoms with Gasteiger partial charge in [0, 0.05) is 0 Å². The molecule has 18 heavy (non-hydrogen) atoms. The zero-order chi connectivity index (χ0) is 13.7. The van der Waals surface area contributed by atoms with Crippen molar-refractivity contribution in [1.29, 1.82) is 0 Å². The molecule has 0 heterocycles. The number of benzene rings is 1. The Kier molecular flexibility index (Phi) is 4.67. The minimum atomic E-state index is -0.931. The molecule has 0 aliphatic rings. The Bertz CT molecular complexity index is 458. The molecular formula is C12H12FNO4. The van der Waals surface area contributed by atoms with Gasteiger partial charge in [0.15, 0.2) is 12.6 Å². The van der Waals surface area contributed by atoms with Gasteiger partial charge in [-0.25, -0.2) is 4.39 Å². The molecule has 6 heteroatoms. The van der Waals surface area contributed by atoms with E-state index < -0.39 is 17.8 Å². The van der Waals surface area contributed by atoms with Crippen molar-refractivity contribution < 1.29 is 23.5 Å². The van der Waals surface area contributed by atoms with Gasteiger partial charge in [-0.15, -0.1) is 0 Å². The van der Waals surface area contributed by atoms with Gasteiger partial charge in [-0.2, -0.15) is 0 Å². The molecule has 0 saturated carbocycles. The number of methoxy groups -OCH3 is 1. The van der Waals surface area contributed by atoms with Gasteiger partial charge in [0.2, 0.25) is 0 Å². The summed E-state index contributed by atoms with van der Waals surface area (Å²) in [6.07, 6.45) is 0.652. The van der Waals surface area contributed by atoms with E-state index in [1.807, 2.05) is 0 Å². The summed E-state index contributed by atoms with van der Waals surface area (Å²) in [6, 6.07) is 1.57. The lowest BCUT2D eigenvalue weighted by molar-refractivity contribution is -0.142. The maximum Gasteiger partial charge on any atom is 0.322 e. The number of esters is 1. The normalized spacial score (nSPS) is 11.7. The molecule has 0 radical (unpaired) electrons. The van der Waals surface area contributed by atoms with Crippen molar-refractivity contribution in [2.75, 3.05) is 7.11 Å². The SMILES string of the molecule is COC(=O)[C@@H](N)Cc1cc(C=O)c(F)c(C=O)c1. The fourth-order valence-electron chi connectivity index (χ4n) is 1.51. The second-order valence-corrected chi connectivity index (χ2v) is 3.66. The molecule has 0 spiro atoms. The summed E-state index contributed by atoms with van der Waals surface area (Å²) in [4.78, 5) is 32.4. The van der Waals surface area contributed by atoms with E-state index in [2.05, 4.69) is 4.74 Å². The van der Waals surface area contributed by atoms with Gasteiger partial charge in [-0.3, -0.25) is 14.4 Å². The van der Waals surface area contributed by atoms with Crippen molar-refractivity contribution in [3.05, 3.63) is 34.6 Å². The Morgan fingerprint density at radius 2 is 1.89 bits per heavy atom. The number of carbonyl (C=O) groups is 3. The molecule has 0 aromatic heterocycles. The predicted molar refractivity (Wildman–Crippen MR) is 60.9 cm³/mol. The van der Waals surface area contributed by atoms with Crippen molar-refractivity contribution in [2.45, 2.75) is 12.5 Å². The van der Waals surface area contributed by atoms with Crippen molar-refractivity contribution in [3.63, 3.8) is 0 Å². The van der Waals surface area contributed by atoms with Crippen LogP contribution in [0.2, 0.25) is 0 Å². The number of halogens is 1. The summed E-state index contributed by atoms with van der Waals surface area (Å²) in [7, 11) is 1.19. The molecule has 1 atom stereocenters. The topological polar surface area (TPSA) is 86.5 Å². The number of hydrogen-bond acceptors (Lipinski definition) is 5. The summed E-state index contributed by atoms with van der Waals surface area (Å²) < 4.78 is 17.9. The Labute approximate surface area is 103 Å². The summed E-state index contributed by atoms with van der Waals surface area (Å²) in [5, 5.41) is 0. The van der Waals surface area contributed by atoms with E-state index in [1.165, 1.54) is 19.2 Å². The van der Waals surface area contributed by atoms with Crippen molar-refractivity contribution in [2.24, 2.45) is 5.73 Å². The molecule has 1 aromatic rings. The second kappa shape index (κ2) is 6.02. The molecule has 0 aliphatic carbocycles. The van der Waals surface area contributed by atoms with Gasteiger partial charge in [-0.1, -0.05) is 0 Å². The van der Waals surface area contributed by atoms with Crippen LogP contribution >= 0.6 is 0 Å². The number of aldehydes is 2. The van der Waals surface area contributed by atoms with Crippen LogP contribution in [0, 0.1) is 5.82 Å². The molecule has 5 nitrogen and oxygen atoms in total. The second-order valence-electron chi connectivity index (χ2n) is 3.66. The summed E-state index contributed by atoms with van der Waals surface area (Å²) in [5.41, 5.74) is 5.46. The van der Waals surface area contributed by atoms with E-state index in [1.54, 1.807) is 0 Å². The molecule has 1 aromatic carbocycles. The quantitative estimate of drug-likeness (QED) is 0.609. The smallest absolute Gasteiger partial charge is 0.322 e. The predicted octanol–water partition coefficient (Wildman–Crippen LogP) is 0.493. The lowest BCUT2D eigenvalue weighted by Gasteiger charge is -2.10. The van der Waals surface area contributed by atoms with Crippen LogP contribution in [0.3, 0.4) is 0 Å². The van der Waals surface area contributed by atoms with Crippen LogP contribution in [0.5, 0.6) is 0 Å². The number of nitrogens with two attached hydrogens (primary N) is 1. The third-order valence-electron chi connectivity index (χ3n) is 2.40. The zero-order valence-electron chi connectivity index (χ0n) is 9.68. The Morgan fingerprint density at radius 3 is 2.28 bits per heavy atom. The highest BCUT2D eigenvalue weighted by atomic mass is 19.1. The van der Waals surface area contributed by atoms with Crippen LogP contribution < -0.4 is 5.73 Å². The average Bonchev–Trinajstić information content (AvgIpc) is 2.39. The number of rotatable bonds is 5. The Hall–Kier alpha value is -2.08. The molecule has 0 saturated heterocycles. The van der Waals surface area contributed by atoms with E-state index in [0.29, 0.717) is 18.1 Å². The first-order valence-corrected chi connectivity index (χ1v) is 5.09. The molecular weight excluding hydrogens is 241 g/mol. The largest absolute Gasteiger partial charge is 0.468 e. The lowest BCUT2D eigenvalue weighted by atomic mass is 10.0. The minimum absolute atomic E-state index is 0.0502. The van der Waals surface area contributed by atoms with E-state index >= 15 is 0 Å². The average molecular weight is 253 g/mol. The first kappa shape index (κ1) is 14.0. The number of carbonyl (C=O) groups excluding carboxylic acids is 3. The minimum Gasteiger partial charge on any atom is -0.468 e. The molecule has 0 amide bonds.